The van der Waals surface area contributed by atoms with E-state index >= 15 is 0 Å². The van der Waals surface area contributed by atoms with Gasteiger partial charge in [-0.2, -0.15) is 0 Å². The zero-order chi connectivity index (χ0) is 27.4. The molecule has 0 saturated carbocycles. The summed E-state index contributed by atoms with van der Waals surface area (Å²) in [5.74, 6) is 0.630. The number of sulfone groups is 1. The lowest BCUT2D eigenvalue weighted by molar-refractivity contribution is -0.139. The standard InChI is InChI=1S/C26H22Cl2NO6PS/c1-36(33,19-8-4-3-5-9-19)12-11-18-14-21(27)24(22(28)15-18)25(30)29-23(26(31)32)16-17-7-6-10-20(13-17)37(2,34)35/h3-10,13-15,23H,16H2,1-2H3,(H,29,30)(H,31,32). The number of nitrogens with one attached hydrogen (secondary N) is 1. The Kier molecular flexibility index (Phi) is 8.88. The number of hydrogen-bond donors (Lipinski definition) is 2. The number of benzene rings is 3. The third kappa shape index (κ3) is 7.47. The number of hydrogen-bond acceptors (Lipinski definition) is 5. The molecule has 1 amide bonds. The van der Waals surface area contributed by atoms with Gasteiger partial charge in [0, 0.05) is 30.2 Å². The van der Waals surface area contributed by atoms with Crippen molar-refractivity contribution in [2.75, 3.05) is 12.9 Å². The maximum absolute atomic E-state index is 13.0. The summed E-state index contributed by atoms with van der Waals surface area (Å²) in [6.07, 6.45) is 0.871. The van der Waals surface area contributed by atoms with Crippen molar-refractivity contribution in [3.05, 3.63) is 93.5 Å². The van der Waals surface area contributed by atoms with Crippen LogP contribution in [0.25, 0.3) is 0 Å². The molecule has 0 radical (unpaired) electrons. The summed E-state index contributed by atoms with van der Waals surface area (Å²) in [7, 11) is -6.47. The van der Waals surface area contributed by atoms with Gasteiger partial charge in [0.25, 0.3) is 5.91 Å². The molecule has 0 aliphatic heterocycles. The Morgan fingerprint density at radius 3 is 2.22 bits per heavy atom. The second kappa shape index (κ2) is 11.5. The minimum atomic E-state index is -3.49. The highest BCUT2D eigenvalue weighted by molar-refractivity contribution is 7.90. The molecule has 2 atom stereocenters. The smallest absolute Gasteiger partial charge is 0.326 e. The predicted octanol–water partition coefficient (Wildman–Crippen LogP) is 4.45. The van der Waals surface area contributed by atoms with Gasteiger partial charge in [0.05, 0.1) is 20.5 Å². The van der Waals surface area contributed by atoms with Gasteiger partial charge in [0.1, 0.15) is 6.04 Å². The van der Waals surface area contributed by atoms with Crippen LogP contribution in [0.3, 0.4) is 0 Å². The molecular formula is C26H22Cl2NO6PS. The molecule has 3 aromatic rings. The number of aliphatic carboxylic acids is 1. The summed E-state index contributed by atoms with van der Waals surface area (Å²) >= 11 is 12.6. The third-order valence-corrected chi connectivity index (χ3v) is 8.83. The molecule has 2 N–H and O–H groups in total. The van der Waals surface area contributed by atoms with Crippen molar-refractivity contribution in [2.45, 2.75) is 17.4 Å². The zero-order valence-corrected chi connectivity index (χ0v) is 23.0. The Morgan fingerprint density at radius 1 is 1.03 bits per heavy atom. The molecule has 37 heavy (non-hydrogen) atoms. The summed E-state index contributed by atoms with van der Waals surface area (Å²) in [6, 6.07) is 16.0. The largest absolute Gasteiger partial charge is 0.480 e. The van der Waals surface area contributed by atoms with Gasteiger partial charge < -0.3 is 15.0 Å². The van der Waals surface area contributed by atoms with Crippen LogP contribution in [0.4, 0.5) is 0 Å². The molecule has 7 nitrogen and oxygen atoms in total. The zero-order valence-electron chi connectivity index (χ0n) is 19.7. The normalized spacial score (nSPS) is 13.5. The van der Waals surface area contributed by atoms with E-state index in [9.17, 15) is 27.7 Å². The highest BCUT2D eigenvalue weighted by Crippen LogP contribution is 2.38. The lowest BCUT2D eigenvalue weighted by Gasteiger charge is -2.16. The molecule has 2 unspecified atom stereocenters. The summed E-state index contributed by atoms with van der Waals surface area (Å²) in [6.45, 7) is 1.54. The first kappa shape index (κ1) is 28.5. The van der Waals surface area contributed by atoms with Gasteiger partial charge in [0.2, 0.25) is 0 Å². The van der Waals surface area contributed by atoms with Gasteiger partial charge in [-0.25, -0.2) is 13.2 Å². The predicted molar refractivity (Wildman–Crippen MR) is 145 cm³/mol. The van der Waals surface area contributed by atoms with E-state index in [0.717, 1.165) is 6.26 Å². The van der Waals surface area contributed by atoms with Crippen molar-refractivity contribution in [1.29, 1.82) is 0 Å². The van der Waals surface area contributed by atoms with E-state index < -0.39 is 34.9 Å². The van der Waals surface area contributed by atoms with Crippen molar-refractivity contribution in [1.82, 2.24) is 5.32 Å². The topological polar surface area (TPSA) is 118 Å². The molecule has 3 rings (SSSR count). The van der Waals surface area contributed by atoms with E-state index in [-0.39, 0.29) is 26.9 Å². The molecule has 0 bridgehead atoms. The lowest BCUT2D eigenvalue weighted by Crippen LogP contribution is -2.42. The average molecular weight is 578 g/mol. The molecule has 0 saturated heterocycles. The van der Waals surface area contributed by atoms with Gasteiger partial charge in [-0.15, -0.1) is 0 Å². The minimum absolute atomic E-state index is 0.0344. The molecular weight excluding hydrogens is 556 g/mol. The van der Waals surface area contributed by atoms with Gasteiger partial charge in [-0.05, 0) is 35.5 Å². The SMILES string of the molecule is CP(=O)(C#Cc1cc(Cl)c(C(=O)NC(Cc2cccc(S(C)(=O)=O)c2)C(=O)O)c(Cl)c1)c1ccccc1. The van der Waals surface area contributed by atoms with Gasteiger partial charge in [-0.1, -0.05) is 71.6 Å². The third-order valence-electron chi connectivity index (χ3n) is 5.30. The van der Waals surface area contributed by atoms with Crippen LogP contribution in [0, 0.1) is 11.6 Å². The number of rotatable bonds is 7. The number of halogens is 2. The van der Waals surface area contributed by atoms with Crippen LogP contribution in [-0.4, -0.2) is 44.4 Å². The lowest BCUT2D eigenvalue weighted by atomic mass is 10.0. The van der Waals surface area contributed by atoms with E-state index in [2.05, 4.69) is 16.9 Å². The van der Waals surface area contributed by atoms with Crippen LogP contribution >= 0.6 is 30.3 Å². The fourth-order valence-electron chi connectivity index (χ4n) is 3.38. The first-order chi connectivity index (χ1) is 17.3. The number of carbonyl (C=O) groups is 2. The molecule has 0 spiro atoms. The van der Waals surface area contributed by atoms with Crippen molar-refractivity contribution >= 4 is 57.4 Å². The molecule has 0 aromatic heterocycles. The average Bonchev–Trinajstić information content (AvgIpc) is 2.82. The molecule has 0 aliphatic rings. The fourth-order valence-corrected chi connectivity index (χ4v) is 5.94. The van der Waals surface area contributed by atoms with Crippen LogP contribution in [0.1, 0.15) is 21.5 Å². The van der Waals surface area contributed by atoms with Gasteiger partial charge in [0.15, 0.2) is 17.0 Å². The molecule has 0 heterocycles. The molecule has 192 valence electrons. The molecule has 3 aromatic carbocycles. The Labute approximate surface area is 225 Å². The Bertz CT molecular complexity index is 1560. The van der Waals surface area contributed by atoms with Crippen LogP contribution in [0.5, 0.6) is 0 Å². The van der Waals surface area contributed by atoms with Crippen LogP contribution in [0.2, 0.25) is 10.0 Å². The number of amides is 1. The maximum atomic E-state index is 13.0. The highest BCUT2D eigenvalue weighted by Gasteiger charge is 2.25. The second-order valence-electron chi connectivity index (χ2n) is 8.30. The number of carbonyl (C=O) groups excluding carboxylic acids is 1. The van der Waals surface area contributed by atoms with Crippen molar-refractivity contribution in [2.24, 2.45) is 0 Å². The van der Waals surface area contributed by atoms with Crippen LogP contribution in [0.15, 0.2) is 71.6 Å². The minimum Gasteiger partial charge on any atom is -0.480 e. The van der Waals surface area contributed by atoms with E-state index in [1.807, 2.05) is 6.07 Å². The van der Waals surface area contributed by atoms with E-state index in [1.165, 1.54) is 37.0 Å². The fraction of sp³-hybridized carbons (Fsp3) is 0.154. The van der Waals surface area contributed by atoms with Crippen LogP contribution < -0.4 is 10.6 Å². The molecule has 0 fully saturated rings. The Balaban J connectivity index is 1.83. The first-order valence-electron chi connectivity index (χ1n) is 10.8. The summed E-state index contributed by atoms with van der Waals surface area (Å²) in [5.41, 5.74) is 3.34. The van der Waals surface area contributed by atoms with E-state index in [0.29, 0.717) is 16.4 Å². The first-order valence-corrected chi connectivity index (χ1v) is 15.6. The second-order valence-corrected chi connectivity index (χ2v) is 13.7. The molecule has 0 aliphatic carbocycles. The quantitative estimate of drug-likeness (QED) is 0.316. The molecule has 11 heteroatoms. The van der Waals surface area contributed by atoms with Crippen molar-refractivity contribution in [3.8, 4) is 11.6 Å². The highest BCUT2D eigenvalue weighted by atomic mass is 35.5. The van der Waals surface area contributed by atoms with Crippen LogP contribution in [-0.2, 0) is 25.6 Å². The van der Waals surface area contributed by atoms with E-state index in [1.54, 1.807) is 30.3 Å². The monoisotopic (exact) mass is 577 g/mol. The number of carboxylic acids is 1. The maximum Gasteiger partial charge on any atom is 0.326 e. The summed E-state index contributed by atoms with van der Waals surface area (Å²) < 4.78 is 36.6. The van der Waals surface area contributed by atoms with Crippen molar-refractivity contribution in [3.63, 3.8) is 0 Å². The number of carboxylic acid groups (broad SMARTS) is 1. The van der Waals surface area contributed by atoms with Gasteiger partial charge in [-0.3, -0.25) is 4.79 Å². The summed E-state index contributed by atoms with van der Waals surface area (Å²) in [5, 5.41) is 12.5. The van der Waals surface area contributed by atoms with Crippen molar-refractivity contribution < 1.29 is 27.7 Å². The summed E-state index contributed by atoms with van der Waals surface area (Å²) in [4.78, 5) is 24.8. The van der Waals surface area contributed by atoms with Gasteiger partial charge >= 0.3 is 5.97 Å². The Morgan fingerprint density at radius 2 is 1.65 bits per heavy atom. The van der Waals surface area contributed by atoms with E-state index in [4.69, 9.17) is 23.2 Å². The Hall–Kier alpha value is -3.08.